The molecule has 1 aliphatic rings. The third kappa shape index (κ3) is 3.80. The maximum absolute atomic E-state index is 12.1. The summed E-state index contributed by atoms with van der Waals surface area (Å²) in [5.74, 6) is -0.213. The van der Waals surface area contributed by atoms with Gasteiger partial charge in [0.2, 0.25) is 0 Å². The summed E-state index contributed by atoms with van der Waals surface area (Å²) in [5, 5.41) is 3.17. The molecule has 2 rings (SSSR count). The molecule has 1 saturated carbocycles. The first-order chi connectivity index (χ1) is 8.42. The van der Waals surface area contributed by atoms with E-state index in [1.165, 1.54) is 18.2 Å². The van der Waals surface area contributed by atoms with Crippen molar-refractivity contribution in [2.75, 3.05) is 5.32 Å². The highest BCUT2D eigenvalue weighted by molar-refractivity contribution is 5.49. The zero-order valence-corrected chi connectivity index (χ0v) is 9.70. The van der Waals surface area contributed by atoms with Gasteiger partial charge in [0, 0.05) is 23.8 Å². The Kier molecular flexibility index (Phi) is 3.65. The molecule has 0 bridgehead atoms. The van der Waals surface area contributed by atoms with E-state index in [2.05, 4.69) is 10.1 Å². The summed E-state index contributed by atoms with van der Waals surface area (Å²) >= 11 is 0. The minimum Gasteiger partial charge on any atom is -0.406 e. The van der Waals surface area contributed by atoms with Crippen LogP contribution >= 0.6 is 0 Å². The standard InChI is InChI=1S/C12H15F3N2O/c13-12(14,15)18-11-3-1-2-9(7-11)17-10-5-4-8(16)6-10/h1-3,7-8,10,17H,4-6,16H2. The number of alkyl halides is 3. The molecule has 0 heterocycles. The normalized spacial score (nSPS) is 24.0. The minimum atomic E-state index is -4.66. The molecule has 6 heteroatoms. The van der Waals surface area contributed by atoms with Crippen molar-refractivity contribution in [3.05, 3.63) is 24.3 Å². The van der Waals surface area contributed by atoms with E-state index >= 15 is 0 Å². The van der Waals surface area contributed by atoms with Crippen molar-refractivity contribution in [2.45, 2.75) is 37.7 Å². The molecule has 0 spiro atoms. The minimum absolute atomic E-state index is 0.178. The molecular weight excluding hydrogens is 245 g/mol. The lowest BCUT2D eigenvalue weighted by molar-refractivity contribution is -0.274. The summed E-state index contributed by atoms with van der Waals surface area (Å²) in [6.07, 6.45) is -1.94. The highest BCUT2D eigenvalue weighted by atomic mass is 19.4. The van der Waals surface area contributed by atoms with Crippen LogP contribution < -0.4 is 15.8 Å². The van der Waals surface area contributed by atoms with Crippen molar-refractivity contribution in [1.29, 1.82) is 0 Å². The van der Waals surface area contributed by atoms with Crippen molar-refractivity contribution in [3.8, 4) is 5.75 Å². The number of anilines is 1. The van der Waals surface area contributed by atoms with Gasteiger partial charge in [-0.25, -0.2) is 0 Å². The van der Waals surface area contributed by atoms with Crippen molar-refractivity contribution in [3.63, 3.8) is 0 Å². The maximum atomic E-state index is 12.1. The molecule has 0 aliphatic heterocycles. The van der Waals surface area contributed by atoms with E-state index in [4.69, 9.17) is 5.73 Å². The summed E-state index contributed by atoms with van der Waals surface area (Å²) in [5.41, 5.74) is 6.40. The van der Waals surface area contributed by atoms with E-state index < -0.39 is 6.36 Å². The Labute approximate surface area is 103 Å². The van der Waals surface area contributed by atoms with Crippen LogP contribution in [0.4, 0.5) is 18.9 Å². The Bertz CT molecular complexity index is 409. The van der Waals surface area contributed by atoms with Gasteiger partial charge < -0.3 is 15.8 Å². The van der Waals surface area contributed by atoms with Crippen LogP contribution in [0.25, 0.3) is 0 Å². The molecule has 0 aromatic heterocycles. The molecule has 1 aromatic rings. The second-order valence-corrected chi connectivity index (χ2v) is 4.49. The van der Waals surface area contributed by atoms with Crippen molar-refractivity contribution in [2.24, 2.45) is 5.73 Å². The topological polar surface area (TPSA) is 47.3 Å². The monoisotopic (exact) mass is 260 g/mol. The lowest BCUT2D eigenvalue weighted by Crippen LogP contribution is -2.21. The van der Waals surface area contributed by atoms with Gasteiger partial charge in [-0.3, -0.25) is 0 Å². The van der Waals surface area contributed by atoms with Crippen molar-refractivity contribution >= 4 is 5.69 Å². The van der Waals surface area contributed by atoms with E-state index in [1.54, 1.807) is 6.07 Å². The van der Waals surface area contributed by atoms with Gasteiger partial charge >= 0.3 is 6.36 Å². The highest BCUT2D eigenvalue weighted by Gasteiger charge is 2.31. The average molecular weight is 260 g/mol. The molecule has 2 atom stereocenters. The third-order valence-electron chi connectivity index (χ3n) is 2.91. The molecule has 100 valence electrons. The van der Waals surface area contributed by atoms with Crippen LogP contribution in [0.1, 0.15) is 19.3 Å². The molecule has 0 saturated heterocycles. The summed E-state index contributed by atoms with van der Waals surface area (Å²) < 4.78 is 40.1. The molecule has 0 amide bonds. The second-order valence-electron chi connectivity index (χ2n) is 4.49. The van der Waals surface area contributed by atoms with Gasteiger partial charge in [-0.05, 0) is 31.4 Å². The fourth-order valence-electron chi connectivity index (χ4n) is 2.17. The molecule has 3 N–H and O–H groups in total. The van der Waals surface area contributed by atoms with Gasteiger partial charge in [-0.1, -0.05) is 6.07 Å². The number of hydrogen-bond donors (Lipinski definition) is 2. The van der Waals surface area contributed by atoms with Gasteiger partial charge in [0.05, 0.1) is 0 Å². The van der Waals surface area contributed by atoms with Crippen LogP contribution in [-0.2, 0) is 0 Å². The first kappa shape index (κ1) is 13.0. The lowest BCUT2D eigenvalue weighted by Gasteiger charge is -2.15. The van der Waals surface area contributed by atoms with Gasteiger partial charge in [0.1, 0.15) is 5.75 Å². The van der Waals surface area contributed by atoms with Crippen LogP contribution in [0.3, 0.4) is 0 Å². The van der Waals surface area contributed by atoms with Crippen molar-refractivity contribution in [1.82, 2.24) is 0 Å². The first-order valence-corrected chi connectivity index (χ1v) is 5.80. The predicted molar refractivity (Wildman–Crippen MR) is 62.4 cm³/mol. The van der Waals surface area contributed by atoms with Crippen LogP contribution in [0, 0.1) is 0 Å². The zero-order valence-electron chi connectivity index (χ0n) is 9.70. The number of nitrogens with one attached hydrogen (secondary N) is 1. The Morgan fingerprint density at radius 3 is 2.67 bits per heavy atom. The first-order valence-electron chi connectivity index (χ1n) is 5.80. The second kappa shape index (κ2) is 5.06. The van der Waals surface area contributed by atoms with E-state index in [-0.39, 0.29) is 17.8 Å². The highest BCUT2D eigenvalue weighted by Crippen LogP contribution is 2.27. The van der Waals surface area contributed by atoms with Crippen LogP contribution in [0.2, 0.25) is 0 Å². The van der Waals surface area contributed by atoms with Gasteiger partial charge in [-0.2, -0.15) is 0 Å². The molecule has 1 fully saturated rings. The van der Waals surface area contributed by atoms with Gasteiger partial charge in [0.25, 0.3) is 0 Å². The molecule has 18 heavy (non-hydrogen) atoms. The number of ether oxygens (including phenoxy) is 1. The third-order valence-corrected chi connectivity index (χ3v) is 2.91. The summed E-state index contributed by atoms with van der Waals surface area (Å²) in [4.78, 5) is 0. The maximum Gasteiger partial charge on any atom is 0.573 e. The summed E-state index contributed by atoms with van der Waals surface area (Å²) in [6.45, 7) is 0. The molecular formula is C12H15F3N2O. The Morgan fingerprint density at radius 1 is 1.28 bits per heavy atom. The lowest BCUT2D eigenvalue weighted by atomic mass is 10.2. The van der Waals surface area contributed by atoms with E-state index in [0.29, 0.717) is 5.69 Å². The summed E-state index contributed by atoms with van der Waals surface area (Å²) in [6, 6.07) is 6.26. The quantitative estimate of drug-likeness (QED) is 0.878. The Balaban J connectivity index is 1.99. The predicted octanol–water partition coefficient (Wildman–Crippen LogP) is 2.88. The van der Waals surface area contributed by atoms with E-state index in [1.807, 2.05) is 0 Å². The number of nitrogens with two attached hydrogens (primary N) is 1. The smallest absolute Gasteiger partial charge is 0.406 e. The molecule has 3 nitrogen and oxygen atoms in total. The number of benzene rings is 1. The van der Waals surface area contributed by atoms with Gasteiger partial charge in [0.15, 0.2) is 0 Å². The largest absolute Gasteiger partial charge is 0.573 e. The SMILES string of the molecule is NC1CCC(Nc2cccc(OC(F)(F)F)c2)C1. The number of rotatable bonds is 3. The number of halogens is 3. The molecule has 1 aliphatic carbocycles. The fourth-order valence-corrected chi connectivity index (χ4v) is 2.17. The Hall–Kier alpha value is -1.43. The van der Waals surface area contributed by atoms with Crippen LogP contribution in [0.5, 0.6) is 5.75 Å². The molecule has 2 unspecified atom stereocenters. The van der Waals surface area contributed by atoms with Crippen LogP contribution in [-0.4, -0.2) is 18.4 Å². The average Bonchev–Trinajstić information content (AvgIpc) is 2.62. The molecule has 0 radical (unpaired) electrons. The van der Waals surface area contributed by atoms with E-state index in [9.17, 15) is 13.2 Å². The summed E-state index contributed by atoms with van der Waals surface area (Å²) in [7, 11) is 0. The molecule has 1 aromatic carbocycles. The van der Waals surface area contributed by atoms with Crippen molar-refractivity contribution < 1.29 is 17.9 Å². The van der Waals surface area contributed by atoms with Gasteiger partial charge in [-0.15, -0.1) is 13.2 Å². The Morgan fingerprint density at radius 2 is 2.06 bits per heavy atom. The van der Waals surface area contributed by atoms with E-state index in [0.717, 1.165) is 19.3 Å². The fraction of sp³-hybridized carbons (Fsp3) is 0.500. The van der Waals surface area contributed by atoms with Crippen LogP contribution in [0.15, 0.2) is 24.3 Å². The number of hydrogen-bond acceptors (Lipinski definition) is 3. The zero-order chi connectivity index (χ0) is 13.2.